The highest BCUT2D eigenvalue weighted by Crippen LogP contribution is 2.24. The number of anilines is 1. The van der Waals surface area contributed by atoms with Crippen LogP contribution in [0.5, 0.6) is 0 Å². The van der Waals surface area contributed by atoms with Crippen molar-refractivity contribution < 1.29 is 0 Å². The Morgan fingerprint density at radius 3 is 2.60 bits per heavy atom. The molecule has 0 saturated carbocycles. The van der Waals surface area contributed by atoms with Crippen molar-refractivity contribution in [3.05, 3.63) is 35.5 Å². The van der Waals surface area contributed by atoms with Crippen molar-refractivity contribution >= 4 is 18.4 Å². The average Bonchev–Trinajstić information content (AvgIpc) is 2.71. The molecule has 0 radical (unpaired) electrons. The molecule has 0 aliphatic heterocycles. The molecule has 110 valence electrons. The molecule has 1 aromatic carbocycles. The zero-order valence-electron chi connectivity index (χ0n) is 12.5. The van der Waals surface area contributed by atoms with Crippen molar-refractivity contribution in [3.63, 3.8) is 0 Å². The average molecular weight is 294 g/mol. The first kappa shape index (κ1) is 16.6. The van der Waals surface area contributed by atoms with Crippen LogP contribution in [-0.4, -0.2) is 9.55 Å². The van der Waals surface area contributed by atoms with Gasteiger partial charge < -0.3 is 10.3 Å². The van der Waals surface area contributed by atoms with E-state index in [1.807, 2.05) is 0 Å². The Morgan fingerprint density at radius 1 is 1.20 bits per heavy atom. The first-order valence-corrected chi connectivity index (χ1v) is 7.02. The Kier molecular flexibility index (Phi) is 6.08. The number of rotatable bonds is 5. The van der Waals surface area contributed by atoms with Crippen LogP contribution >= 0.6 is 12.4 Å². The predicted octanol–water partition coefficient (Wildman–Crippen LogP) is 4.36. The van der Waals surface area contributed by atoms with E-state index in [0.717, 1.165) is 18.7 Å². The minimum atomic E-state index is 0. The van der Waals surface area contributed by atoms with Gasteiger partial charge in [-0.1, -0.05) is 43.5 Å². The number of nitrogens with two attached hydrogens (primary N) is 1. The highest BCUT2D eigenvalue weighted by molar-refractivity contribution is 5.85. The summed E-state index contributed by atoms with van der Waals surface area (Å²) in [6, 6.07) is 6.43. The summed E-state index contributed by atoms with van der Waals surface area (Å²) in [5.74, 6) is 0.617. The third kappa shape index (κ3) is 3.76. The van der Waals surface area contributed by atoms with Crippen LogP contribution in [-0.2, 0) is 6.54 Å². The van der Waals surface area contributed by atoms with Gasteiger partial charge >= 0.3 is 0 Å². The van der Waals surface area contributed by atoms with Crippen LogP contribution in [0.25, 0.3) is 11.3 Å². The molecule has 1 heterocycles. The highest BCUT2D eigenvalue weighted by Gasteiger charge is 2.09. The molecule has 20 heavy (non-hydrogen) atoms. The van der Waals surface area contributed by atoms with Gasteiger partial charge in [-0.15, -0.1) is 12.4 Å². The van der Waals surface area contributed by atoms with E-state index in [2.05, 4.69) is 54.7 Å². The van der Waals surface area contributed by atoms with Crippen LogP contribution in [0.3, 0.4) is 0 Å². The lowest BCUT2D eigenvalue weighted by molar-refractivity contribution is 0.608. The molecule has 3 nitrogen and oxygen atoms in total. The number of halogens is 1. The summed E-state index contributed by atoms with van der Waals surface area (Å²) in [6.45, 7) is 7.39. The normalized spacial score (nSPS) is 10.3. The number of hydrogen-bond acceptors (Lipinski definition) is 2. The van der Waals surface area contributed by atoms with E-state index in [-0.39, 0.29) is 12.4 Å². The van der Waals surface area contributed by atoms with Crippen molar-refractivity contribution in [2.24, 2.45) is 0 Å². The van der Waals surface area contributed by atoms with E-state index in [1.54, 1.807) is 0 Å². The molecule has 0 unspecified atom stereocenters. The van der Waals surface area contributed by atoms with E-state index in [1.165, 1.54) is 29.5 Å². The van der Waals surface area contributed by atoms with Crippen molar-refractivity contribution in [2.45, 2.75) is 46.6 Å². The molecule has 0 aliphatic rings. The molecule has 0 saturated heterocycles. The van der Waals surface area contributed by atoms with E-state index >= 15 is 0 Å². The van der Waals surface area contributed by atoms with Gasteiger partial charge in [-0.05, 0) is 25.8 Å². The standard InChI is InChI=1S/C16H23N3.ClH/c1-4-5-6-9-19-11-15(18-16(19)17)14-8-7-12(2)10-13(14)3;/h7-8,10-11H,4-6,9H2,1-3H3,(H2,17,18);1H. The summed E-state index contributed by atoms with van der Waals surface area (Å²) in [4.78, 5) is 4.49. The van der Waals surface area contributed by atoms with Crippen LogP contribution in [0.15, 0.2) is 24.4 Å². The molecule has 4 heteroatoms. The molecule has 2 rings (SSSR count). The summed E-state index contributed by atoms with van der Waals surface area (Å²) in [7, 11) is 0. The molecular weight excluding hydrogens is 270 g/mol. The minimum absolute atomic E-state index is 0. The Balaban J connectivity index is 0.00000200. The smallest absolute Gasteiger partial charge is 0.200 e. The van der Waals surface area contributed by atoms with Gasteiger partial charge in [0.15, 0.2) is 0 Å². The van der Waals surface area contributed by atoms with E-state index in [9.17, 15) is 0 Å². The van der Waals surface area contributed by atoms with Gasteiger partial charge in [0.25, 0.3) is 0 Å². The summed E-state index contributed by atoms with van der Waals surface area (Å²) < 4.78 is 2.06. The number of aryl methyl sites for hydroxylation is 3. The monoisotopic (exact) mass is 293 g/mol. The predicted molar refractivity (Wildman–Crippen MR) is 88.3 cm³/mol. The van der Waals surface area contributed by atoms with Crippen molar-refractivity contribution in [3.8, 4) is 11.3 Å². The molecule has 0 aliphatic carbocycles. The Labute approximate surface area is 127 Å². The number of benzene rings is 1. The SMILES string of the molecule is CCCCCn1cc(-c2ccc(C)cc2C)nc1N.Cl. The van der Waals surface area contributed by atoms with Gasteiger partial charge in [0, 0.05) is 18.3 Å². The van der Waals surface area contributed by atoms with Crippen LogP contribution in [0.1, 0.15) is 37.3 Å². The summed E-state index contributed by atoms with van der Waals surface area (Å²) in [5, 5.41) is 0. The van der Waals surface area contributed by atoms with Crippen molar-refractivity contribution in [2.75, 3.05) is 5.73 Å². The van der Waals surface area contributed by atoms with Gasteiger partial charge in [-0.25, -0.2) is 4.98 Å². The van der Waals surface area contributed by atoms with Crippen LogP contribution < -0.4 is 5.73 Å². The molecule has 0 atom stereocenters. The van der Waals surface area contributed by atoms with Crippen molar-refractivity contribution in [1.29, 1.82) is 0 Å². The maximum Gasteiger partial charge on any atom is 0.200 e. The molecule has 0 amide bonds. The molecule has 0 spiro atoms. The summed E-state index contributed by atoms with van der Waals surface area (Å²) >= 11 is 0. The lowest BCUT2D eigenvalue weighted by Gasteiger charge is -2.04. The third-order valence-corrected chi connectivity index (χ3v) is 3.47. The lowest BCUT2D eigenvalue weighted by Crippen LogP contribution is -2.02. The van der Waals surface area contributed by atoms with Crippen LogP contribution in [0.2, 0.25) is 0 Å². The highest BCUT2D eigenvalue weighted by atomic mass is 35.5. The van der Waals surface area contributed by atoms with Gasteiger partial charge in [-0.3, -0.25) is 0 Å². The second-order valence-electron chi connectivity index (χ2n) is 5.20. The number of aromatic nitrogens is 2. The fraction of sp³-hybridized carbons (Fsp3) is 0.438. The number of unbranched alkanes of at least 4 members (excludes halogenated alkanes) is 2. The second kappa shape index (κ2) is 7.34. The number of hydrogen-bond donors (Lipinski definition) is 1. The van der Waals surface area contributed by atoms with Gasteiger partial charge in [0.2, 0.25) is 5.95 Å². The third-order valence-electron chi connectivity index (χ3n) is 3.47. The van der Waals surface area contributed by atoms with Crippen LogP contribution in [0.4, 0.5) is 5.95 Å². The zero-order valence-corrected chi connectivity index (χ0v) is 13.3. The quantitative estimate of drug-likeness (QED) is 0.832. The maximum absolute atomic E-state index is 5.99. The maximum atomic E-state index is 5.99. The number of imidazole rings is 1. The van der Waals surface area contributed by atoms with Gasteiger partial charge in [0.05, 0.1) is 5.69 Å². The second-order valence-corrected chi connectivity index (χ2v) is 5.20. The van der Waals surface area contributed by atoms with E-state index in [4.69, 9.17) is 5.73 Å². The minimum Gasteiger partial charge on any atom is -0.369 e. The van der Waals surface area contributed by atoms with Crippen LogP contribution in [0, 0.1) is 13.8 Å². The zero-order chi connectivity index (χ0) is 13.8. The fourth-order valence-electron chi connectivity index (χ4n) is 2.37. The molecule has 1 aromatic heterocycles. The Morgan fingerprint density at radius 2 is 1.95 bits per heavy atom. The molecule has 2 N–H and O–H groups in total. The molecule has 2 aromatic rings. The number of nitrogen functional groups attached to an aromatic ring is 1. The first-order valence-electron chi connectivity index (χ1n) is 7.02. The summed E-state index contributed by atoms with van der Waals surface area (Å²) in [5.41, 5.74) is 10.7. The van der Waals surface area contributed by atoms with Gasteiger partial charge in [-0.2, -0.15) is 0 Å². The Bertz CT molecular complexity index is 561. The van der Waals surface area contributed by atoms with Gasteiger partial charge in [0.1, 0.15) is 0 Å². The molecule has 0 fully saturated rings. The topological polar surface area (TPSA) is 43.8 Å². The largest absolute Gasteiger partial charge is 0.369 e. The Hall–Kier alpha value is -1.48. The molecule has 0 bridgehead atoms. The van der Waals surface area contributed by atoms with E-state index < -0.39 is 0 Å². The molecular formula is C16H24ClN3. The number of nitrogens with zero attached hydrogens (tertiary/aromatic N) is 2. The first-order chi connectivity index (χ1) is 9.11. The fourth-order valence-corrected chi connectivity index (χ4v) is 2.37. The van der Waals surface area contributed by atoms with E-state index in [0.29, 0.717) is 5.95 Å². The summed E-state index contributed by atoms with van der Waals surface area (Å²) in [6.07, 6.45) is 5.68. The van der Waals surface area contributed by atoms with Crippen molar-refractivity contribution in [1.82, 2.24) is 9.55 Å². The lowest BCUT2D eigenvalue weighted by atomic mass is 10.0.